The van der Waals surface area contributed by atoms with Crippen molar-refractivity contribution in [1.29, 1.82) is 5.26 Å². The highest BCUT2D eigenvalue weighted by atomic mass is 32.2. The highest BCUT2D eigenvalue weighted by Gasteiger charge is 2.33. The highest BCUT2D eigenvalue weighted by Crippen LogP contribution is 2.33. The quantitative estimate of drug-likeness (QED) is 0.599. The lowest BCUT2D eigenvalue weighted by Crippen LogP contribution is -2.50. The molecule has 3 aromatic rings. The molecule has 2 aliphatic heterocycles. The molecule has 2 fully saturated rings. The van der Waals surface area contributed by atoms with Gasteiger partial charge in [-0.25, -0.2) is 12.4 Å². The summed E-state index contributed by atoms with van der Waals surface area (Å²) in [5.41, 5.74) is 2.42. The van der Waals surface area contributed by atoms with E-state index >= 15 is 0 Å². The number of fused-ring (bicyclic) bond motifs is 2. The average molecular weight is 454 g/mol. The maximum Gasteiger partial charge on any atom is 0.290 e. The predicted octanol–water partition coefficient (Wildman–Crippen LogP) is 2.13. The molecular formula is C22H23N5O4S. The Labute approximate surface area is 186 Å². The summed E-state index contributed by atoms with van der Waals surface area (Å²) in [5, 5.41) is 16.0. The molecule has 0 radical (unpaired) electrons. The predicted molar refractivity (Wildman–Crippen MR) is 119 cm³/mol. The van der Waals surface area contributed by atoms with Crippen molar-refractivity contribution in [3.63, 3.8) is 0 Å². The zero-order chi connectivity index (χ0) is 22.7. The first-order chi connectivity index (χ1) is 15.5. The van der Waals surface area contributed by atoms with Crippen LogP contribution in [-0.4, -0.2) is 66.1 Å². The van der Waals surface area contributed by atoms with Gasteiger partial charge >= 0.3 is 0 Å². The molecule has 0 amide bonds. The number of rotatable bonds is 3. The minimum Gasteiger partial charge on any atom is -0.483 e. The van der Waals surface area contributed by atoms with Gasteiger partial charge in [0.2, 0.25) is 0 Å². The van der Waals surface area contributed by atoms with Crippen LogP contribution in [0.15, 0.2) is 53.7 Å². The van der Waals surface area contributed by atoms with Gasteiger partial charge in [0.25, 0.3) is 16.5 Å². The fourth-order valence-electron chi connectivity index (χ4n) is 4.49. The SMILES string of the molecule is N#Cc1cccc(S(=O)(=O)n2cc(N3CCN4CCCC4C3)c3ncccc32)c1.O=CO. The monoisotopic (exact) mass is 453 g/mol. The molecule has 5 rings (SSSR count). The minimum atomic E-state index is -3.85. The van der Waals surface area contributed by atoms with Gasteiger partial charge in [-0.3, -0.25) is 14.7 Å². The van der Waals surface area contributed by atoms with Crippen molar-refractivity contribution < 1.29 is 18.3 Å². The summed E-state index contributed by atoms with van der Waals surface area (Å²) in [7, 11) is -3.85. The lowest BCUT2D eigenvalue weighted by Gasteiger charge is -2.38. The largest absolute Gasteiger partial charge is 0.483 e. The molecule has 9 nitrogen and oxygen atoms in total. The normalized spacial score (nSPS) is 18.5. The van der Waals surface area contributed by atoms with Crippen molar-refractivity contribution in [3.8, 4) is 6.07 Å². The number of hydrogen-bond donors (Lipinski definition) is 1. The number of piperazine rings is 1. The van der Waals surface area contributed by atoms with Gasteiger partial charge in [-0.15, -0.1) is 0 Å². The van der Waals surface area contributed by atoms with Gasteiger partial charge in [-0.1, -0.05) is 6.07 Å². The Balaban J connectivity index is 0.000000775. The standard InChI is InChI=1S/C21H21N5O2S.CH2O2/c22-13-16-4-1-6-18(12-16)29(27,28)26-15-20(21-19(26)7-2-8-23-21)25-11-10-24-9-3-5-17(24)14-25;2-1-3/h1-2,4,6-8,12,15,17H,3,5,9-11,14H2;1H,(H,2,3). The van der Waals surface area contributed by atoms with E-state index in [1.54, 1.807) is 36.7 Å². The molecule has 1 aromatic carbocycles. The van der Waals surface area contributed by atoms with Crippen LogP contribution in [0.3, 0.4) is 0 Å². The van der Waals surface area contributed by atoms with Crippen LogP contribution < -0.4 is 4.90 Å². The molecular weight excluding hydrogens is 430 g/mol. The van der Waals surface area contributed by atoms with Crippen LogP contribution in [0.2, 0.25) is 0 Å². The van der Waals surface area contributed by atoms with E-state index in [2.05, 4.69) is 14.8 Å². The molecule has 0 bridgehead atoms. The van der Waals surface area contributed by atoms with E-state index in [9.17, 15) is 8.42 Å². The first kappa shape index (κ1) is 21.8. The van der Waals surface area contributed by atoms with E-state index in [1.807, 2.05) is 6.07 Å². The average Bonchev–Trinajstić information content (AvgIpc) is 3.44. The van der Waals surface area contributed by atoms with E-state index in [0.29, 0.717) is 22.6 Å². The van der Waals surface area contributed by atoms with Gasteiger partial charge < -0.3 is 10.0 Å². The molecule has 1 atom stereocenters. The number of pyridine rings is 1. The molecule has 2 saturated heterocycles. The molecule has 2 aliphatic rings. The molecule has 10 heteroatoms. The topological polar surface area (TPSA) is 120 Å². The maximum atomic E-state index is 13.4. The molecule has 166 valence electrons. The summed E-state index contributed by atoms with van der Waals surface area (Å²) in [4.78, 5) is 17.8. The molecule has 2 aromatic heterocycles. The van der Waals surface area contributed by atoms with Gasteiger partial charge in [0.05, 0.1) is 27.7 Å². The van der Waals surface area contributed by atoms with Crippen LogP contribution >= 0.6 is 0 Å². The summed E-state index contributed by atoms with van der Waals surface area (Å²) in [6.07, 6.45) is 5.80. The fraction of sp³-hybridized carbons (Fsp3) is 0.318. The van der Waals surface area contributed by atoms with Gasteiger partial charge in [0.15, 0.2) is 0 Å². The molecule has 4 heterocycles. The Kier molecular flexibility index (Phi) is 6.12. The lowest BCUT2D eigenvalue weighted by atomic mass is 10.1. The lowest BCUT2D eigenvalue weighted by molar-refractivity contribution is -0.122. The van der Waals surface area contributed by atoms with E-state index in [-0.39, 0.29) is 11.4 Å². The first-order valence-corrected chi connectivity index (χ1v) is 11.7. The van der Waals surface area contributed by atoms with E-state index in [4.69, 9.17) is 15.2 Å². The molecule has 32 heavy (non-hydrogen) atoms. The van der Waals surface area contributed by atoms with Crippen molar-refractivity contribution in [2.75, 3.05) is 31.1 Å². The number of aromatic nitrogens is 2. The third-order valence-electron chi connectivity index (χ3n) is 5.95. The first-order valence-electron chi connectivity index (χ1n) is 10.3. The number of nitrogens with zero attached hydrogens (tertiary/aromatic N) is 5. The highest BCUT2D eigenvalue weighted by molar-refractivity contribution is 7.90. The minimum absolute atomic E-state index is 0.101. The van der Waals surface area contributed by atoms with Crippen LogP contribution in [0.5, 0.6) is 0 Å². The van der Waals surface area contributed by atoms with Crippen molar-refractivity contribution >= 4 is 33.2 Å². The Hall–Kier alpha value is -3.42. The number of carboxylic acid groups (broad SMARTS) is 1. The van der Waals surface area contributed by atoms with E-state index in [1.165, 1.54) is 28.9 Å². The van der Waals surface area contributed by atoms with Crippen LogP contribution in [0, 0.1) is 11.3 Å². The molecule has 0 aliphatic carbocycles. The zero-order valence-electron chi connectivity index (χ0n) is 17.3. The van der Waals surface area contributed by atoms with Crippen molar-refractivity contribution in [2.45, 2.75) is 23.8 Å². The van der Waals surface area contributed by atoms with Gasteiger partial charge in [-0.05, 0) is 49.7 Å². The van der Waals surface area contributed by atoms with E-state index < -0.39 is 10.0 Å². The molecule has 1 N–H and O–H groups in total. The number of carbonyl (C=O) groups is 1. The number of hydrogen-bond acceptors (Lipinski definition) is 7. The Morgan fingerprint density at radius 2 is 2.00 bits per heavy atom. The van der Waals surface area contributed by atoms with Crippen molar-refractivity contribution in [2.24, 2.45) is 0 Å². The molecule has 1 unspecified atom stereocenters. The molecule has 0 saturated carbocycles. The second-order valence-electron chi connectivity index (χ2n) is 7.71. The van der Waals surface area contributed by atoms with Crippen molar-refractivity contribution in [3.05, 3.63) is 54.4 Å². The smallest absolute Gasteiger partial charge is 0.290 e. The van der Waals surface area contributed by atoms with Gasteiger partial charge in [0.1, 0.15) is 5.52 Å². The Bertz CT molecular complexity index is 1280. The third-order valence-corrected chi connectivity index (χ3v) is 7.62. The second kappa shape index (κ2) is 8.98. The Morgan fingerprint density at radius 3 is 2.78 bits per heavy atom. The second-order valence-corrected chi connectivity index (χ2v) is 9.52. The summed E-state index contributed by atoms with van der Waals surface area (Å²) < 4.78 is 28.1. The number of benzene rings is 1. The molecule has 0 spiro atoms. The van der Waals surface area contributed by atoms with Gasteiger partial charge in [0, 0.05) is 38.1 Å². The van der Waals surface area contributed by atoms with Gasteiger partial charge in [-0.2, -0.15) is 5.26 Å². The van der Waals surface area contributed by atoms with Crippen LogP contribution in [-0.2, 0) is 14.8 Å². The zero-order valence-corrected chi connectivity index (χ0v) is 18.1. The number of anilines is 1. The summed E-state index contributed by atoms with van der Waals surface area (Å²) >= 11 is 0. The van der Waals surface area contributed by atoms with Crippen LogP contribution in [0.4, 0.5) is 5.69 Å². The maximum absolute atomic E-state index is 13.4. The number of nitriles is 1. The fourth-order valence-corrected chi connectivity index (χ4v) is 5.89. The van der Waals surface area contributed by atoms with Crippen molar-refractivity contribution in [1.82, 2.24) is 13.9 Å². The van der Waals surface area contributed by atoms with Crippen LogP contribution in [0.25, 0.3) is 11.0 Å². The van der Waals surface area contributed by atoms with E-state index in [0.717, 1.165) is 31.9 Å². The summed E-state index contributed by atoms with van der Waals surface area (Å²) in [5.74, 6) is 0. The summed E-state index contributed by atoms with van der Waals surface area (Å²) in [6.45, 7) is 3.64. The third kappa shape index (κ3) is 3.92. The Morgan fingerprint density at radius 1 is 1.19 bits per heavy atom. The summed E-state index contributed by atoms with van der Waals surface area (Å²) in [6, 6.07) is 12.2. The van der Waals surface area contributed by atoms with Crippen LogP contribution in [0.1, 0.15) is 18.4 Å².